The Morgan fingerprint density at radius 3 is 1.69 bits per heavy atom. The fourth-order valence-electron chi connectivity index (χ4n) is 3.82. The molecular formula is C28H41N7O11S2. The smallest absolute Gasteiger partial charge is 0.245 e. The molecule has 0 fully saturated rings. The van der Waals surface area contributed by atoms with Gasteiger partial charge in [-0.15, -0.1) is 0 Å². The third kappa shape index (κ3) is 14.6. The van der Waals surface area contributed by atoms with Crippen molar-refractivity contribution < 1.29 is 53.7 Å². The van der Waals surface area contributed by atoms with E-state index in [2.05, 4.69) is 62.5 Å². The number of rotatable bonds is 20. The third-order valence-corrected chi connectivity index (χ3v) is 7.13. The van der Waals surface area contributed by atoms with Crippen molar-refractivity contribution in [2.75, 3.05) is 31.3 Å². The van der Waals surface area contributed by atoms with Gasteiger partial charge in [-0.2, -0.15) is 25.3 Å². The van der Waals surface area contributed by atoms with Crippen LogP contribution in [-0.2, 0) is 44.8 Å². The second-order valence-corrected chi connectivity index (χ2v) is 11.0. The molecule has 0 unspecified atom stereocenters. The second kappa shape index (κ2) is 21.5. The van der Waals surface area contributed by atoms with Crippen LogP contribution in [0.2, 0.25) is 0 Å². The number of benzene rings is 1. The quantitative estimate of drug-likeness (QED) is 0.0449. The Labute approximate surface area is 286 Å². The van der Waals surface area contributed by atoms with Crippen molar-refractivity contribution in [2.45, 2.75) is 56.5 Å². The molecule has 10 N–H and O–H groups in total. The Balaban J connectivity index is 3.01. The molecule has 0 spiro atoms. The molecule has 7 amide bonds. The first-order chi connectivity index (χ1) is 22.7. The minimum Gasteiger partial charge on any atom is -0.508 e. The molecule has 20 heteroatoms. The van der Waals surface area contributed by atoms with Gasteiger partial charge >= 0.3 is 0 Å². The molecule has 1 rings (SSSR count). The number of nitrogens with one attached hydrogen (secondary N) is 7. The van der Waals surface area contributed by atoms with Crippen molar-refractivity contribution in [2.24, 2.45) is 0 Å². The van der Waals surface area contributed by atoms with E-state index in [9.17, 15) is 53.7 Å². The molecule has 0 saturated heterocycles. The van der Waals surface area contributed by atoms with E-state index >= 15 is 0 Å². The topological polar surface area (TPSA) is 281 Å². The number of aliphatic hydroxyl groups is 2. The van der Waals surface area contributed by atoms with Gasteiger partial charge in [0.1, 0.15) is 48.3 Å². The molecular weight excluding hydrogens is 674 g/mol. The molecule has 0 aliphatic rings. The third-order valence-electron chi connectivity index (χ3n) is 6.40. The lowest BCUT2D eigenvalue weighted by Crippen LogP contribution is -2.60. The van der Waals surface area contributed by atoms with Crippen molar-refractivity contribution >= 4 is 72.9 Å². The number of phenols is 1. The predicted molar refractivity (Wildman–Crippen MR) is 176 cm³/mol. The maximum absolute atomic E-state index is 13.3. The van der Waals surface area contributed by atoms with Crippen LogP contribution in [0.1, 0.15) is 19.4 Å². The minimum atomic E-state index is -1.56. The summed E-state index contributed by atoms with van der Waals surface area (Å²) in [6.07, 6.45) is 0.151. The molecule has 0 aromatic heterocycles. The Kier molecular flexibility index (Phi) is 18.6. The average Bonchev–Trinajstić information content (AvgIpc) is 3.05. The summed E-state index contributed by atoms with van der Waals surface area (Å²) in [6, 6.07) is -2.13. The van der Waals surface area contributed by atoms with Crippen LogP contribution in [0.25, 0.3) is 0 Å². The van der Waals surface area contributed by atoms with E-state index in [1.54, 1.807) is 0 Å². The second-order valence-electron chi connectivity index (χ2n) is 10.3. The summed E-state index contributed by atoms with van der Waals surface area (Å²) < 4.78 is 0. The van der Waals surface area contributed by atoms with Crippen molar-refractivity contribution in [1.82, 2.24) is 37.2 Å². The lowest BCUT2D eigenvalue weighted by molar-refractivity contribution is -0.134. The fraction of sp³-hybridized carbons (Fsp3) is 0.500. The normalized spacial score (nSPS) is 14.4. The SMILES string of the molecule is CC(=O)N[C@@H](C)C(=O)NCC(=O)N[C@@H](CO)C(=O)N[C@@H](CS)C(=O)N[C@@H](Cc1ccc(O)cc1)C(=O)N[C@@H](CS)C(=O)N[C@H](C=O)CO. The molecule has 1 aromatic carbocycles. The molecule has 0 heterocycles. The molecule has 1 aromatic rings. The lowest BCUT2D eigenvalue weighted by Gasteiger charge is -2.26. The van der Waals surface area contributed by atoms with Gasteiger partial charge in [0, 0.05) is 24.9 Å². The van der Waals surface area contributed by atoms with Gasteiger partial charge in [0.05, 0.1) is 19.8 Å². The van der Waals surface area contributed by atoms with E-state index in [4.69, 9.17) is 0 Å². The van der Waals surface area contributed by atoms with Crippen molar-refractivity contribution in [3.8, 4) is 5.75 Å². The Hall–Kier alpha value is -4.40. The average molecular weight is 716 g/mol. The number of carbonyl (C=O) groups excluding carboxylic acids is 8. The maximum atomic E-state index is 13.3. The zero-order chi connectivity index (χ0) is 36.4. The highest BCUT2D eigenvalue weighted by atomic mass is 32.1. The number of carbonyl (C=O) groups is 8. The van der Waals surface area contributed by atoms with E-state index in [-0.39, 0.29) is 23.7 Å². The molecule has 0 saturated carbocycles. The first-order valence-electron chi connectivity index (χ1n) is 14.4. The summed E-state index contributed by atoms with van der Waals surface area (Å²) in [5, 5.41) is 44.7. The summed E-state index contributed by atoms with van der Waals surface area (Å²) >= 11 is 8.14. The van der Waals surface area contributed by atoms with Crippen LogP contribution < -0.4 is 37.2 Å². The first-order valence-corrected chi connectivity index (χ1v) is 15.7. The number of thiol groups is 2. The zero-order valence-corrected chi connectivity index (χ0v) is 27.9. The van der Waals surface area contributed by atoms with Gasteiger partial charge in [-0.05, 0) is 24.6 Å². The minimum absolute atomic E-state index is 0.0606. The molecule has 48 heavy (non-hydrogen) atoms. The molecule has 0 aliphatic heterocycles. The van der Waals surface area contributed by atoms with E-state index in [0.29, 0.717) is 11.8 Å². The zero-order valence-electron chi connectivity index (χ0n) is 26.1. The van der Waals surface area contributed by atoms with E-state index in [1.807, 2.05) is 0 Å². The van der Waals surface area contributed by atoms with Crippen LogP contribution in [0.4, 0.5) is 0 Å². The van der Waals surface area contributed by atoms with Gasteiger partial charge in [0.15, 0.2) is 0 Å². The molecule has 266 valence electrons. The van der Waals surface area contributed by atoms with E-state index in [1.165, 1.54) is 38.1 Å². The summed E-state index contributed by atoms with van der Waals surface area (Å²) in [6.45, 7) is 0.415. The number of aliphatic hydroxyl groups excluding tert-OH is 2. The van der Waals surface area contributed by atoms with Gasteiger partial charge < -0.3 is 57.3 Å². The molecule has 0 bridgehead atoms. The van der Waals surface area contributed by atoms with Crippen LogP contribution in [0.15, 0.2) is 24.3 Å². The summed E-state index contributed by atoms with van der Waals surface area (Å²) in [7, 11) is 0. The van der Waals surface area contributed by atoms with Crippen molar-refractivity contribution in [1.29, 1.82) is 0 Å². The summed E-state index contributed by atoms with van der Waals surface area (Å²) in [5.41, 5.74) is 0.481. The Morgan fingerprint density at radius 2 is 1.21 bits per heavy atom. The highest BCUT2D eigenvalue weighted by molar-refractivity contribution is 7.80. The monoisotopic (exact) mass is 715 g/mol. The van der Waals surface area contributed by atoms with Gasteiger partial charge in [-0.25, -0.2) is 0 Å². The fourth-order valence-corrected chi connectivity index (χ4v) is 4.33. The Morgan fingerprint density at radius 1 is 0.708 bits per heavy atom. The highest BCUT2D eigenvalue weighted by Crippen LogP contribution is 2.12. The highest BCUT2D eigenvalue weighted by Gasteiger charge is 2.31. The standard InChI is InChI=1S/C28H41N7O11S2/c1-14(30-15(2)39)24(42)29-8-23(41)32-20(11-38)26(44)35-22(13-48)28(46)33-19(7-16-3-5-18(40)6-4-16)25(43)34-21(12-47)27(45)31-17(9-36)10-37/h3-6,9,14,17,19-22,37-38,40,47-48H,7-8,10-13H2,1-2H3,(H,29,42)(H,30,39)(H,31,45)(H,32,41)(H,33,46)(H,34,43)(H,35,44)/t14-,17+,19-,20-,21-,22-/m0/s1. The number of phenolic OH excluding ortho intramolecular Hbond substituents is 1. The Bertz CT molecular complexity index is 1300. The van der Waals surface area contributed by atoms with Crippen LogP contribution >= 0.6 is 25.3 Å². The van der Waals surface area contributed by atoms with Gasteiger partial charge in [-0.1, -0.05) is 12.1 Å². The summed E-state index contributed by atoms with van der Waals surface area (Å²) in [4.78, 5) is 98.4. The predicted octanol–water partition coefficient (Wildman–Crippen LogP) is -4.96. The lowest BCUT2D eigenvalue weighted by atomic mass is 10.0. The molecule has 0 aliphatic carbocycles. The van der Waals surface area contributed by atoms with Gasteiger partial charge in [0.2, 0.25) is 41.4 Å². The van der Waals surface area contributed by atoms with E-state index in [0.717, 1.165) is 0 Å². The largest absolute Gasteiger partial charge is 0.508 e. The number of amides is 7. The molecule has 6 atom stereocenters. The van der Waals surface area contributed by atoms with Crippen molar-refractivity contribution in [3.63, 3.8) is 0 Å². The van der Waals surface area contributed by atoms with Gasteiger partial charge in [0.25, 0.3) is 0 Å². The number of hydrogen-bond donors (Lipinski definition) is 12. The van der Waals surface area contributed by atoms with Crippen LogP contribution in [0, 0.1) is 0 Å². The molecule has 0 radical (unpaired) electrons. The van der Waals surface area contributed by atoms with Crippen LogP contribution in [-0.4, -0.2) is 130 Å². The van der Waals surface area contributed by atoms with E-state index < -0.39 is 97.4 Å². The van der Waals surface area contributed by atoms with Crippen LogP contribution in [0.5, 0.6) is 5.75 Å². The summed E-state index contributed by atoms with van der Waals surface area (Å²) in [5.74, 6) is -6.21. The number of aldehydes is 1. The first kappa shape index (κ1) is 41.6. The number of hydrogen-bond acceptors (Lipinski definition) is 13. The van der Waals surface area contributed by atoms with Crippen molar-refractivity contribution in [3.05, 3.63) is 29.8 Å². The molecule has 18 nitrogen and oxygen atoms in total. The number of aromatic hydroxyl groups is 1. The van der Waals surface area contributed by atoms with Crippen LogP contribution in [0.3, 0.4) is 0 Å². The van der Waals surface area contributed by atoms with Gasteiger partial charge in [-0.3, -0.25) is 33.6 Å². The maximum Gasteiger partial charge on any atom is 0.245 e.